The molecule has 10 nitrogen and oxygen atoms in total. The molecular weight excluding hydrogens is 372 g/mol. The number of piperidine rings is 1. The van der Waals surface area contributed by atoms with Gasteiger partial charge in [-0.2, -0.15) is 10.2 Å². The zero-order valence-corrected chi connectivity index (χ0v) is 16.1. The lowest BCUT2D eigenvalue weighted by molar-refractivity contribution is 0.190. The molecule has 4 heterocycles. The van der Waals surface area contributed by atoms with E-state index in [0.717, 1.165) is 32.5 Å². The summed E-state index contributed by atoms with van der Waals surface area (Å²) in [6, 6.07) is 5.85. The second kappa shape index (κ2) is 8.28. The molecule has 0 atom stereocenters. The van der Waals surface area contributed by atoms with Crippen molar-refractivity contribution in [3.05, 3.63) is 35.0 Å². The van der Waals surface area contributed by atoms with Gasteiger partial charge in [0.2, 0.25) is 11.8 Å². The van der Waals surface area contributed by atoms with Crippen molar-refractivity contribution >= 4 is 22.8 Å². The summed E-state index contributed by atoms with van der Waals surface area (Å²) in [6.07, 6.45) is 5.44. The van der Waals surface area contributed by atoms with Crippen LogP contribution in [-0.4, -0.2) is 56.1 Å². The van der Waals surface area contributed by atoms with E-state index in [1.165, 1.54) is 0 Å². The minimum absolute atomic E-state index is 0.0604. The number of aromatic amines is 1. The van der Waals surface area contributed by atoms with Crippen LogP contribution >= 0.6 is 0 Å². The summed E-state index contributed by atoms with van der Waals surface area (Å²) < 4.78 is 6.98. The zero-order valence-electron chi connectivity index (χ0n) is 16.1. The standard InChI is InChI=1S/C19H22N8O2/c1-29-17-14(4-2-8-21-17)23-18-22-12-15-16(25-18)27(19(28)24-15)13-5-10-26(11-6-13)9-3-7-20/h2,4,8,12-13H,3,5-6,9-11H2,1H3,(H,24,28)(H,22,23,25). The van der Waals surface area contributed by atoms with Crippen LogP contribution in [0.3, 0.4) is 0 Å². The molecule has 0 radical (unpaired) electrons. The Morgan fingerprint density at radius 1 is 1.38 bits per heavy atom. The third-order valence-electron chi connectivity index (χ3n) is 5.13. The first-order valence-corrected chi connectivity index (χ1v) is 9.52. The van der Waals surface area contributed by atoms with Crippen molar-refractivity contribution in [2.24, 2.45) is 0 Å². The summed E-state index contributed by atoms with van der Waals surface area (Å²) in [5.74, 6) is 0.801. The molecule has 2 N–H and O–H groups in total. The number of rotatable bonds is 6. The van der Waals surface area contributed by atoms with Crippen molar-refractivity contribution in [1.82, 2.24) is 29.4 Å². The number of methoxy groups -OCH3 is 1. The molecule has 1 aliphatic rings. The first-order chi connectivity index (χ1) is 14.2. The van der Waals surface area contributed by atoms with Crippen molar-refractivity contribution < 1.29 is 4.74 Å². The Hall–Kier alpha value is -3.45. The van der Waals surface area contributed by atoms with Gasteiger partial charge in [0.1, 0.15) is 11.2 Å². The Kier molecular flexibility index (Phi) is 5.39. The number of nitrogens with one attached hydrogen (secondary N) is 2. The summed E-state index contributed by atoms with van der Waals surface area (Å²) in [4.78, 5) is 30.7. The zero-order chi connectivity index (χ0) is 20.2. The fourth-order valence-electron chi connectivity index (χ4n) is 3.69. The molecule has 1 saturated heterocycles. The molecule has 29 heavy (non-hydrogen) atoms. The van der Waals surface area contributed by atoms with Crippen molar-refractivity contribution in [3.8, 4) is 11.9 Å². The minimum atomic E-state index is -0.180. The number of hydrogen-bond acceptors (Lipinski definition) is 8. The largest absolute Gasteiger partial charge is 0.480 e. The first-order valence-electron chi connectivity index (χ1n) is 9.52. The molecule has 0 bridgehead atoms. The number of fused-ring (bicyclic) bond motifs is 1. The lowest BCUT2D eigenvalue weighted by Crippen LogP contribution is -2.37. The Morgan fingerprint density at radius 2 is 2.21 bits per heavy atom. The SMILES string of the molecule is COc1ncccc1Nc1ncc2[nH]c(=O)n(C3CCN(CCC#N)CC3)c2n1. The van der Waals surface area contributed by atoms with Gasteiger partial charge in [0.05, 0.1) is 19.4 Å². The highest BCUT2D eigenvalue weighted by molar-refractivity contribution is 5.72. The third-order valence-corrected chi connectivity index (χ3v) is 5.13. The van der Waals surface area contributed by atoms with Crippen molar-refractivity contribution in [1.29, 1.82) is 5.26 Å². The second-order valence-electron chi connectivity index (χ2n) is 6.90. The predicted molar refractivity (Wildman–Crippen MR) is 107 cm³/mol. The van der Waals surface area contributed by atoms with Crippen LogP contribution in [0.2, 0.25) is 0 Å². The van der Waals surface area contributed by atoms with E-state index in [9.17, 15) is 4.79 Å². The summed E-state index contributed by atoms with van der Waals surface area (Å²) in [6.45, 7) is 2.48. The summed E-state index contributed by atoms with van der Waals surface area (Å²) >= 11 is 0. The maximum Gasteiger partial charge on any atom is 0.327 e. The minimum Gasteiger partial charge on any atom is -0.480 e. The molecule has 1 aliphatic heterocycles. The Balaban J connectivity index is 1.59. The van der Waals surface area contributed by atoms with Gasteiger partial charge >= 0.3 is 5.69 Å². The first kappa shape index (κ1) is 18.9. The van der Waals surface area contributed by atoms with Gasteiger partial charge in [-0.05, 0) is 25.0 Å². The van der Waals surface area contributed by atoms with Crippen molar-refractivity contribution in [2.75, 3.05) is 32.1 Å². The average molecular weight is 394 g/mol. The summed E-state index contributed by atoms with van der Waals surface area (Å²) in [7, 11) is 1.55. The maximum absolute atomic E-state index is 12.6. The van der Waals surface area contributed by atoms with E-state index in [1.807, 2.05) is 6.07 Å². The number of hydrogen-bond donors (Lipinski definition) is 2. The number of H-pyrrole nitrogens is 1. The van der Waals surface area contributed by atoms with E-state index in [0.29, 0.717) is 35.1 Å². The van der Waals surface area contributed by atoms with Crippen LogP contribution in [0.5, 0.6) is 5.88 Å². The molecule has 0 spiro atoms. The van der Waals surface area contributed by atoms with E-state index in [2.05, 4.69) is 36.2 Å². The summed E-state index contributed by atoms with van der Waals surface area (Å²) in [5.41, 5.74) is 1.64. The number of ether oxygens (including phenoxy) is 1. The summed E-state index contributed by atoms with van der Waals surface area (Å²) in [5, 5.41) is 11.9. The molecule has 3 aromatic rings. The quantitative estimate of drug-likeness (QED) is 0.649. The van der Waals surface area contributed by atoms with Crippen LogP contribution in [0.25, 0.3) is 11.2 Å². The van der Waals surface area contributed by atoms with Gasteiger partial charge in [-0.1, -0.05) is 0 Å². The second-order valence-corrected chi connectivity index (χ2v) is 6.90. The molecular formula is C19H22N8O2. The van der Waals surface area contributed by atoms with Crippen LogP contribution in [-0.2, 0) is 0 Å². The molecule has 0 aliphatic carbocycles. The highest BCUT2D eigenvalue weighted by atomic mass is 16.5. The lowest BCUT2D eigenvalue weighted by atomic mass is 10.0. The van der Waals surface area contributed by atoms with Crippen molar-refractivity contribution in [3.63, 3.8) is 0 Å². The van der Waals surface area contributed by atoms with Crippen LogP contribution in [0.15, 0.2) is 29.3 Å². The van der Waals surface area contributed by atoms with Gasteiger partial charge in [-0.3, -0.25) is 4.57 Å². The van der Waals surface area contributed by atoms with Crippen LogP contribution in [0.4, 0.5) is 11.6 Å². The van der Waals surface area contributed by atoms with Crippen LogP contribution < -0.4 is 15.7 Å². The molecule has 0 amide bonds. The topological polar surface area (TPSA) is 125 Å². The molecule has 0 aromatic carbocycles. The number of aromatic nitrogens is 5. The molecule has 10 heteroatoms. The van der Waals surface area contributed by atoms with E-state index >= 15 is 0 Å². The fourth-order valence-corrected chi connectivity index (χ4v) is 3.69. The van der Waals surface area contributed by atoms with Crippen LogP contribution in [0, 0.1) is 11.3 Å². The van der Waals surface area contributed by atoms with E-state index in [-0.39, 0.29) is 11.7 Å². The monoisotopic (exact) mass is 394 g/mol. The Bertz CT molecular complexity index is 1090. The van der Waals surface area contributed by atoms with Gasteiger partial charge in [0.25, 0.3) is 0 Å². The van der Waals surface area contributed by atoms with Crippen LogP contribution in [0.1, 0.15) is 25.3 Å². The Labute approximate surface area is 167 Å². The van der Waals surface area contributed by atoms with E-state index in [4.69, 9.17) is 10.00 Å². The van der Waals surface area contributed by atoms with E-state index in [1.54, 1.807) is 30.1 Å². The number of nitrogens with zero attached hydrogens (tertiary/aromatic N) is 6. The molecule has 3 aromatic heterocycles. The number of imidazole rings is 1. The third kappa shape index (κ3) is 3.90. The van der Waals surface area contributed by atoms with Gasteiger partial charge in [0.15, 0.2) is 5.65 Å². The molecule has 4 rings (SSSR count). The Morgan fingerprint density at radius 3 is 2.97 bits per heavy atom. The van der Waals surface area contributed by atoms with Gasteiger partial charge in [0, 0.05) is 38.3 Å². The highest BCUT2D eigenvalue weighted by Gasteiger charge is 2.24. The number of pyridine rings is 1. The number of likely N-dealkylation sites (tertiary alicyclic amines) is 1. The molecule has 0 unspecified atom stereocenters. The van der Waals surface area contributed by atoms with Gasteiger partial charge in [-0.15, -0.1) is 0 Å². The van der Waals surface area contributed by atoms with Crippen molar-refractivity contribution in [2.45, 2.75) is 25.3 Å². The normalized spacial score (nSPS) is 15.3. The predicted octanol–water partition coefficient (Wildman–Crippen LogP) is 1.82. The highest BCUT2D eigenvalue weighted by Crippen LogP contribution is 2.26. The smallest absolute Gasteiger partial charge is 0.327 e. The molecule has 150 valence electrons. The number of anilines is 2. The van der Waals surface area contributed by atoms with Gasteiger partial charge < -0.3 is 19.9 Å². The van der Waals surface area contributed by atoms with E-state index < -0.39 is 0 Å². The number of nitriles is 1. The maximum atomic E-state index is 12.6. The molecule has 0 saturated carbocycles. The molecule has 1 fully saturated rings. The fraction of sp³-hybridized carbons (Fsp3) is 0.421. The van der Waals surface area contributed by atoms with Gasteiger partial charge in [-0.25, -0.2) is 14.8 Å². The average Bonchev–Trinajstić information content (AvgIpc) is 3.08. The lowest BCUT2D eigenvalue weighted by Gasteiger charge is -2.31.